The van der Waals surface area contributed by atoms with E-state index in [1.54, 1.807) is 72.8 Å². The molecule has 0 bridgehead atoms. The molecular formula is C31H33NO8. The van der Waals surface area contributed by atoms with E-state index in [1.807, 2.05) is 0 Å². The SMILES string of the molecule is COCC(=O)N1C(c2ccc(OC)cc2)C(C(=O)c2ccc(OC)cc2)C(c2ccc(OC)cc2)C1(C)C(=O)O. The van der Waals surface area contributed by atoms with Crippen LogP contribution in [0, 0.1) is 5.92 Å². The highest BCUT2D eigenvalue weighted by atomic mass is 16.5. The molecule has 1 saturated heterocycles. The highest BCUT2D eigenvalue weighted by Crippen LogP contribution is 2.56. The minimum atomic E-state index is -1.80. The van der Waals surface area contributed by atoms with E-state index < -0.39 is 35.3 Å². The Morgan fingerprint density at radius 1 is 0.750 bits per heavy atom. The number of likely N-dealkylation sites (tertiary alicyclic amines) is 1. The molecule has 1 aliphatic rings. The zero-order valence-corrected chi connectivity index (χ0v) is 23.1. The fraction of sp³-hybridized carbons (Fsp3) is 0.323. The van der Waals surface area contributed by atoms with Gasteiger partial charge in [-0.3, -0.25) is 9.59 Å². The molecule has 0 aliphatic carbocycles. The molecule has 210 valence electrons. The molecule has 1 fully saturated rings. The number of Topliss-reactive ketones (excluding diaryl/α,β-unsaturated/α-hetero) is 1. The van der Waals surface area contributed by atoms with E-state index >= 15 is 0 Å². The number of carbonyl (C=O) groups excluding carboxylic acids is 2. The first kappa shape index (κ1) is 28.6. The number of benzene rings is 3. The second-order valence-electron chi connectivity index (χ2n) is 9.74. The molecule has 1 aliphatic heterocycles. The zero-order valence-electron chi connectivity index (χ0n) is 23.1. The lowest BCUT2D eigenvalue weighted by Crippen LogP contribution is -2.55. The molecular weight excluding hydrogens is 514 g/mol. The van der Waals surface area contributed by atoms with Crippen LogP contribution in [0.1, 0.15) is 40.4 Å². The van der Waals surface area contributed by atoms with Gasteiger partial charge in [-0.1, -0.05) is 24.3 Å². The Bertz CT molecular complexity index is 1350. The number of aliphatic carboxylic acids is 1. The first-order valence-electron chi connectivity index (χ1n) is 12.7. The molecule has 1 heterocycles. The maximum absolute atomic E-state index is 14.4. The van der Waals surface area contributed by atoms with Crippen LogP contribution >= 0.6 is 0 Å². The van der Waals surface area contributed by atoms with Crippen molar-refractivity contribution in [2.75, 3.05) is 35.0 Å². The van der Waals surface area contributed by atoms with Gasteiger partial charge in [-0.25, -0.2) is 4.79 Å². The van der Waals surface area contributed by atoms with Crippen LogP contribution in [0.25, 0.3) is 0 Å². The number of amides is 1. The van der Waals surface area contributed by atoms with Gasteiger partial charge in [-0.2, -0.15) is 0 Å². The lowest BCUT2D eigenvalue weighted by molar-refractivity contribution is -0.159. The average Bonchev–Trinajstić information content (AvgIpc) is 3.27. The van der Waals surface area contributed by atoms with Crippen LogP contribution in [-0.2, 0) is 14.3 Å². The highest BCUT2D eigenvalue weighted by Gasteiger charge is 2.64. The molecule has 1 amide bonds. The average molecular weight is 548 g/mol. The van der Waals surface area contributed by atoms with Gasteiger partial charge in [0.2, 0.25) is 5.91 Å². The second kappa shape index (κ2) is 11.8. The van der Waals surface area contributed by atoms with Gasteiger partial charge in [0, 0.05) is 18.6 Å². The molecule has 3 aromatic rings. The first-order valence-corrected chi connectivity index (χ1v) is 12.7. The third-order valence-corrected chi connectivity index (χ3v) is 7.66. The number of ketones is 1. The number of ether oxygens (including phenoxy) is 4. The van der Waals surface area contributed by atoms with Crippen LogP contribution < -0.4 is 14.2 Å². The smallest absolute Gasteiger partial charge is 0.330 e. The summed E-state index contributed by atoms with van der Waals surface area (Å²) < 4.78 is 21.1. The Kier molecular flexibility index (Phi) is 8.44. The summed E-state index contributed by atoms with van der Waals surface area (Å²) in [5, 5.41) is 10.8. The van der Waals surface area contributed by atoms with E-state index in [9.17, 15) is 19.5 Å². The molecule has 4 rings (SSSR count). The summed E-state index contributed by atoms with van der Waals surface area (Å²) in [5.41, 5.74) is -0.247. The van der Waals surface area contributed by atoms with Crippen molar-refractivity contribution in [1.29, 1.82) is 0 Å². The minimum Gasteiger partial charge on any atom is -0.497 e. The predicted octanol–water partition coefficient (Wildman–Crippen LogP) is 4.37. The third-order valence-electron chi connectivity index (χ3n) is 7.66. The van der Waals surface area contributed by atoms with Gasteiger partial charge in [0.05, 0.1) is 33.3 Å². The lowest BCUT2D eigenvalue weighted by atomic mass is 9.71. The molecule has 0 spiro atoms. The van der Waals surface area contributed by atoms with E-state index in [0.29, 0.717) is 33.9 Å². The number of hydrogen-bond donors (Lipinski definition) is 1. The van der Waals surface area contributed by atoms with E-state index in [0.717, 1.165) is 0 Å². The van der Waals surface area contributed by atoms with Crippen molar-refractivity contribution in [3.05, 3.63) is 89.5 Å². The van der Waals surface area contributed by atoms with Gasteiger partial charge >= 0.3 is 5.97 Å². The standard InChI is InChI=1S/C31H33NO8/c1-31(30(35)36)27(19-6-12-22(38-3)13-7-19)26(29(34)21-10-16-24(40-5)17-11-21)28(32(31)25(33)18-37-2)20-8-14-23(39-4)15-9-20/h6-17,26-28H,18H2,1-5H3,(H,35,36). The molecule has 40 heavy (non-hydrogen) atoms. The molecule has 4 unspecified atom stereocenters. The number of methoxy groups -OCH3 is 4. The fourth-order valence-corrected chi connectivity index (χ4v) is 5.72. The lowest BCUT2D eigenvalue weighted by Gasteiger charge is -2.37. The highest BCUT2D eigenvalue weighted by molar-refractivity contribution is 6.02. The van der Waals surface area contributed by atoms with Crippen LogP contribution in [0.2, 0.25) is 0 Å². The summed E-state index contributed by atoms with van der Waals surface area (Å²) >= 11 is 0. The summed E-state index contributed by atoms with van der Waals surface area (Å²) in [6, 6.07) is 19.6. The van der Waals surface area contributed by atoms with Gasteiger partial charge in [-0.05, 0) is 66.6 Å². The van der Waals surface area contributed by atoms with Crippen molar-refractivity contribution >= 4 is 17.7 Å². The maximum Gasteiger partial charge on any atom is 0.330 e. The molecule has 0 aromatic heterocycles. The number of nitrogens with zero attached hydrogens (tertiary/aromatic N) is 1. The molecule has 9 nitrogen and oxygen atoms in total. The summed E-state index contributed by atoms with van der Waals surface area (Å²) in [6.45, 7) is 1.14. The van der Waals surface area contributed by atoms with Crippen molar-refractivity contribution in [2.45, 2.75) is 24.4 Å². The largest absolute Gasteiger partial charge is 0.497 e. The predicted molar refractivity (Wildman–Crippen MR) is 147 cm³/mol. The van der Waals surface area contributed by atoms with Gasteiger partial charge in [-0.15, -0.1) is 0 Å². The van der Waals surface area contributed by atoms with Crippen molar-refractivity contribution in [1.82, 2.24) is 4.90 Å². The van der Waals surface area contributed by atoms with Crippen LogP contribution in [-0.4, -0.2) is 68.3 Å². The second-order valence-corrected chi connectivity index (χ2v) is 9.74. The van der Waals surface area contributed by atoms with Crippen LogP contribution in [0.4, 0.5) is 0 Å². The van der Waals surface area contributed by atoms with E-state index in [4.69, 9.17) is 18.9 Å². The van der Waals surface area contributed by atoms with Crippen molar-refractivity contribution in [2.24, 2.45) is 5.92 Å². The van der Waals surface area contributed by atoms with Gasteiger partial charge in [0.15, 0.2) is 5.78 Å². The van der Waals surface area contributed by atoms with Crippen molar-refractivity contribution < 1.29 is 38.4 Å². The summed E-state index contributed by atoms with van der Waals surface area (Å²) in [5.74, 6) is -2.22. The number of carbonyl (C=O) groups is 3. The van der Waals surface area contributed by atoms with Gasteiger partial charge in [0.1, 0.15) is 29.4 Å². The number of rotatable bonds is 10. The maximum atomic E-state index is 14.4. The molecule has 4 atom stereocenters. The molecule has 9 heteroatoms. The Labute approximate surface area is 233 Å². The first-order chi connectivity index (χ1) is 19.2. The number of carboxylic acid groups (broad SMARTS) is 1. The molecule has 3 aromatic carbocycles. The summed E-state index contributed by atoms with van der Waals surface area (Å²) in [7, 11) is 5.98. The zero-order chi connectivity index (χ0) is 29.0. The number of carboxylic acids is 1. The van der Waals surface area contributed by atoms with E-state index in [1.165, 1.54) is 40.3 Å². The normalized spacial score (nSPS) is 22.0. The monoisotopic (exact) mass is 547 g/mol. The van der Waals surface area contributed by atoms with Gasteiger partial charge < -0.3 is 29.0 Å². The number of hydrogen-bond acceptors (Lipinski definition) is 7. The molecule has 1 N–H and O–H groups in total. The van der Waals surface area contributed by atoms with Crippen molar-refractivity contribution in [3.8, 4) is 17.2 Å². The summed E-state index contributed by atoms with van der Waals surface area (Å²) in [4.78, 5) is 42.7. The molecule has 0 saturated carbocycles. The summed E-state index contributed by atoms with van der Waals surface area (Å²) in [6.07, 6.45) is 0. The van der Waals surface area contributed by atoms with Crippen LogP contribution in [0.15, 0.2) is 72.8 Å². The van der Waals surface area contributed by atoms with E-state index in [-0.39, 0.29) is 12.4 Å². The topological polar surface area (TPSA) is 112 Å². The quantitative estimate of drug-likeness (QED) is 0.373. The van der Waals surface area contributed by atoms with Crippen LogP contribution in [0.5, 0.6) is 17.2 Å². The van der Waals surface area contributed by atoms with E-state index in [2.05, 4.69) is 0 Å². The van der Waals surface area contributed by atoms with Crippen molar-refractivity contribution in [3.63, 3.8) is 0 Å². The third kappa shape index (κ3) is 5.00. The molecule has 0 radical (unpaired) electrons. The fourth-order valence-electron chi connectivity index (χ4n) is 5.72. The van der Waals surface area contributed by atoms with Gasteiger partial charge in [0.25, 0.3) is 0 Å². The van der Waals surface area contributed by atoms with Crippen LogP contribution in [0.3, 0.4) is 0 Å². The Morgan fingerprint density at radius 3 is 1.62 bits per heavy atom. The minimum absolute atomic E-state index is 0.301. The Hall–Kier alpha value is -4.37. The Morgan fingerprint density at radius 2 is 1.20 bits per heavy atom. The Balaban J connectivity index is 2.01.